The number of aryl methyl sites for hydroxylation is 2. The summed E-state index contributed by atoms with van der Waals surface area (Å²) in [6.07, 6.45) is 3.12. The first-order valence-corrected chi connectivity index (χ1v) is 9.48. The summed E-state index contributed by atoms with van der Waals surface area (Å²) in [5.74, 6) is -1.41. The standard InChI is InChI=1S/C21H21N3O3S/c1-4-9-22-21-24(23-11-16-7-8-18(25)20(27)19(16)26)17(12-28-21)15-6-5-13(2)14(3)10-15/h4-8,10-12,25-27H,1,9H2,2-3H3. The third kappa shape index (κ3) is 3.84. The van der Waals surface area contributed by atoms with E-state index in [0.29, 0.717) is 11.3 Å². The zero-order valence-electron chi connectivity index (χ0n) is 15.6. The largest absolute Gasteiger partial charge is 0.504 e. The van der Waals surface area contributed by atoms with E-state index in [2.05, 4.69) is 42.7 Å². The Labute approximate surface area is 166 Å². The van der Waals surface area contributed by atoms with Crippen LogP contribution in [0.4, 0.5) is 0 Å². The third-order valence-corrected chi connectivity index (χ3v) is 5.17. The summed E-state index contributed by atoms with van der Waals surface area (Å²) in [6, 6.07) is 8.93. The fraction of sp³-hybridized carbons (Fsp3) is 0.143. The first-order valence-electron chi connectivity index (χ1n) is 8.60. The Hall–Kier alpha value is -3.32. The van der Waals surface area contributed by atoms with Gasteiger partial charge in [0.1, 0.15) is 0 Å². The molecule has 0 aliphatic carbocycles. The molecular formula is C21H21N3O3S. The molecule has 0 spiro atoms. The number of nitrogens with zero attached hydrogens (tertiary/aromatic N) is 3. The second kappa shape index (κ2) is 8.14. The van der Waals surface area contributed by atoms with Crippen LogP contribution in [0.25, 0.3) is 11.3 Å². The lowest BCUT2D eigenvalue weighted by molar-refractivity contribution is 0.367. The average Bonchev–Trinajstić information content (AvgIpc) is 3.09. The molecule has 0 amide bonds. The van der Waals surface area contributed by atoms with E-state index in [0.717, 1.165) is 11.3 Å². The number of thiazole rings is 1. The van der Waals surface area contributed by atoms with Gasteiger partial charge in [0.05, 0.1) is 18.5 Å². The molecule has 0 aliphatic heterocycles. The first kappa shape index (κ1) is 19.4. The minimum Gasteiger partial charge on any atom is -0.504 e. The van der Waals surface area contributed by atoms with Gasteiger partial charge < -0.3 is 15.3 Å². The SMILES string of the molecule is C=CCN=c1scc(-c2ccc(C)c(C)c2)n1N=Cc1ccc(O)c(O)c1O. The van der Waals surface area contributed by atoms with E-state index in [-0.39, 0.29) is 5.56 Å². The summed E-state index contributed by atoms with van der Waals surface area (Å²) in [5.41, 5.74) is 4.50. The van der Waals surface area contributed by atoms with Crippen molar-refractivity contribution in [1.82, 2.24) is 4.68 Å². The molecule has 0 unspecified atom stereocenters. The molecule has 0 bridgehead atoms. The summed E-state index contributed by atoms with van der Waals surface area (Å²) in [5, 5.41) is 35.7. The topological polar surface area (TPSA) is 90.3 Å². The number of phenols is 3. The summed E-state index contributed by atoms with van der Waals surface area (Å²) in [7, 11) is 0. The van der Waals surface area contributed by atoms with Gasteiger partial charge in [-0.3, -0.25) is 4.99 Å². The Morgan fingerprint density at radius 2 is 1.86 bits per heavy atom. The minimum atomic E-state index is -0.579. The lowest BCUT2D eigenvalue weighted by Gasteiger charge is -2.07. The van der Waals surface area contributed by atoms with Crippen molar-refractivity contribution in [1.29, 1.82) is 0 Å². The molecule has 0 saturated heterocycles. The summed E-state index contributed by atoms with van der Waals surface area (Å²) < 4.78 is 1.68. The predicted molar refractivity (Wildman–Crippen MR) is 112 cm³/mol. The van der Waals surface area contributed by atoms with Crippen LogP contribution in [0.15, 0.2) is 58.5 Å². The van der Waals surface area contributed by atoms with Crippen LogP contribution in [0, 0.1) is 13.8 Å². The van der Waals surface area contributed by atoms with Crippen molar-refractivity contribution in [3.05, 3.63) is 69.9 Å². The van der Waals surface area contributed by atoms with Gasteiger partial charge in [0.25, 0.3) is 0 Å². The van der Waals surface area contributed by atoms with E-state index in [4.69, 9.17) is 0 Å². The van der Waals surface area contributed by atoms with Crippen LogP contribution in [0.1, 0.15) is 16.7 Å². The van der Waals surface area contributed by atoms with Crippen LogP contribution in [-0.2, 0) is 0 Å². The number of hydrogen-bond acceptors (Lipinski definition) is 6. The lowest BCUT2D eigenvalue weighted by Crippen LogP contribution is -2.12. The lowest BCUT2D eigenvalue weighted by atomic mass is 10.1. The van der Waals surface area contributed by atoms with Crippen LogP contribution in [-0.4, -0.2) is 32.8 Å². The molecule has 0 radical (unpaired) electrons. The highest BCUT2D eigenvalue weighted by atomic mass is 32.1. The van der Waals surface area contributed by atoms with Gasteiger partial charge in [0, 0.05) is 16.5 Å². The molecule has 7 heteroatoms. The van der Waals surface area contributed by atoms with Crippen molar-refractivity contribution in [3.63, 3.8) is 0 Å². The van der Waals surface area contributed by atoms with Crippen LogP contribution < -0.4 is 4.80 Å². The van der Waals surface area contributed by atoms with Crippen LogP contribution in [0.2, 0.25) is 0 Å². The van der Waals surface area contributed by atoms with E-state index >= 15 is 0 Å². The Morgan fingerprint density at radius 3 is 2.57 bits per heavy atom. The highest BCUT2D eigenvalue weighted by Crippen LogP contribution is 2.36. The zero-order valence-corrected chi connectivity index (χ0v) is 16.4. The van der Waals surface area contributed by atoms with Crippen molar-refractivity contribution in [2.45, 2.75) is 13.8 Å². The molecule has 0 aliphatic rings. The second-order valence-electron chi connectivity index (χ2n) is 6.26. The highest BCUT2D eigenvalue weighted by molar-refractivity contribution is 7.07. The van der Waals surface area contributed by atoms with Gasteiger partial charge in [-0.15, -0.1) is 17.9 Å². The van der Waals surface area contributed by atoms with Gasteiger partial charge in [-0.25, -0.2) is 4.68 Å². The van der Waals surface area contributed by atoms with Crippen molar-refractivity contribution in [2.24, 2.45) is 10.1 Å². The monoisotopic (exact) mass is 395 g/mol. The Bertz CT molecular complexity index is 1130. The van der Waals surface area contributed by atoms with Gasteiger partial charge in [-0.05, 0) is 43.2 Å². The quantitative estimate of drug-likeness (QED) is 0.347. The smallest absolute Gasteiger partial charge is 0.206 e. The maximum atomic E-state index is 10.0. The molecule has 3 aromatic rings. The van der Waals surface area contributed by atoms with Gasteiger partial charge in [-0.1, -0.05) is 18.2 Å². The average molecular weight is 395 g/mol. The molecular weight excluding hydrogens is 374 g/mol. The number of aromatic nitrogens is 1. The van der Waals surface area contributed by atoms with E-state index in [1.165, 1.54) is 40.8 Å². The number of hydrogen-bond donors (Lipinski definition) is 3. The van der Waals surface area contributed by atoms with E-state index in [1.807, 2.05) is 11.4 Å². The fourth-order valence-electron chi connectivity index (χ4n) is 2.57. The summed E-state index contributed by atoms with van der Waals surface area (Å²) in [6.45, 7) is 8.26. The van der Waals surface area contributed by atoms with Crippen LogP contribution in [0.3, 0.4) is 0 Å². The zero-order chi connectivity index (χ0) is 20.3. The molecule has 6 nitrogen and oxygen atoms in total. The molecule has 144 valence electrons. The Morgan fingerprint density at radius 1 is 1.07 bits per heavy atom. The van der Waals surface area contributed by atoms with Crippen molar-refractivity contribution in [3.8, 4) is 28.5 Å². The Balaban J connectivity index is 2.12. The van der Waals surface area contributed by atoms with Gasteiger partial charge in [-0.2, -0.15) is 5.10 Å². The van der Waals surface area contributed by atoms with Gasteiger partial charge in [0.15, 0.2) is 11.5 Å². The molecule has 3 N–H and O–H groups in total. The maximum Gasteiger partial charge on any atom is 0.206 e. The van der Waals surface area contributed by atoms with Crippen molar-refractivity contribution in [2.75, 3.05) is 6.54 Å². The van der Waals surface area contributed by atoms with Crippen LogP contribution >= 0.6 is 11.3 Å². The number of benzene rings is 2. The first-order chi connectivity index (χ1) is 13.4. The Kier molecular flexibility index (Phi) is 5.65. The second-order valence-corrected chi connectivity index (χ2v) is 7.10. The highest BCUT2D eigenvalue weighted by Gasteiger charge is 2.11. The molecule has 0 fully saturated rings. The van der Waals surface area contributed by atoms with Gasteiger partial charge >= 0.3 is 0 Å². The molecule has 1 aromatic heterocycles. The molecule has 3 rings (SSSR count). The summed E-state index contributed by atoms with van der Waals surface area (Å²) in [4.78, 5) is 5.15. The third-order valence-electron chi connectivity index (χ3n) is 4.32. The fourth-order valence-corrected chi connectivity index (χ4v) is 3.42. The van der Waals surface area contributed by atoms with Crippen LogP contribution in [0.5, 0.6) is 17.2 Å². The van der Waals surface area contributed by atoms with Gasteiger partial charge in [0.2, 0.25) is 10.6 Å². The molecule has 0 saturated carbocycles. The number of rotatable bonds is 5. The molecule has 28 heavy (non-hydrogen) atoms. The normalized spacial score (nSPS) is 12.0. The molecule has 0 atom stereocenters. The maximum absolute atomic E-state index is 10.0. The van der Waals surface area contributed by atoms with Crippen molar-refractivity contribution < 1.29 is 15.3 Å². The molecule has 1 heterocycles. The number of aromatic hydroxyl groups is 3. The van der Waals surface area contributed by atoms with E-state index in [1.54, 1.807) is 10.8 Å². The molecule has 2 aromatic carbocycles. The van der Waals surface area contributed by atoms with Crippen molar-refractivity contribution >= 4 is 17.6 Å². The van der Waals surface area contributed by atoms with E-state index < -0.39 is 17.2 Å². The number of phenolic OH excluding ortho intramolecular Hbond substituents is 3. The summed E-state index contributed by atoms with van der Waals surface area (Å²) >= 11 is 1.45. The van der Waals surface area contributed by atoms with E-state index in [9.17, 15) is 15.3 Å². The minimum absolute atomic E-state index is 0.273. The predicted octanol–water partition coefficient (Wildman–Crippen LogP) is 3.92.